The van der Waals surface area contributed by atoms with E-state index in [1.165, 1.54) is 46.6 Å². The van der Waals surface area contributed by atoms with Crippen LogP contribution in [0.5, 0.6) is 0 Å². The highest BCUT2D eigenvalue weighted by molar-refractivity contribution is 7.93. The van der Waals surface area contributed by atoms with Crippen molar-refractivity contribution in [3.63, 3.8) is 0 Å². The van der Waals surface area contributed by atoms with E-state index in [0.29, 0.717) is 0 Å². The lowest BCUT2D eigenvalue weighted by Crippen LogP contribution is -2.10. The molecule has 0 fully saturated rings. The predicted molar refractivity (Wildman–Crippen MR) is 142 cm³/mol. The van der Waals surface area contributed by atoms with E-state index >= 15 is 0 Å². The van der Waals surface area contributed by atoms with Gasteiger partial charge in [0.25, 0.3) is 5.69 Å². The Morgan fingerprint density at radius 1 is 0.971 bits per heavy atom. The van der Waals surface area contributed by atoms with Crippen molar-refractivity contribution in [2.75, 3.05) is 0 Å². The van der Waals surface area contributed by atoms with Crippen LogP contribution in [0.25, 0.3) is 11.1 Å². The highest BCUT2D eigenvalue weighted by Gasteiger charge is 2.40. The van der Waals surface area contributed by atoms with Gasteiger partial charge >= 0.3 is 0 Å². The largest absolute Gasteiger partial charge is 0.269 e. The minimum Gasteiger partial charge on any atom is -0.258 e. The summed E-state index contributed by atoms with van der Waals surface area (Å²) in [7, 11) is -3.61. The number of sulfone groups is 1. The second-order valence-electron chi connectivity index (χ2n) is 8.49. The zero-order valence-electron chi connectivity index (χ0n) is 20.0. The van der Waals surface area contributed by atoms with Gasteiger partial charge in [0.1, 0.15) is 5.25 Å². The predicted octanol–water partition coefficient (Wildman–Crippen LogP) is 7.55. The Morgan fingerprint density at radius 3 is 2.15 bits per heavy atom. The molecule has 1 aromatic carbocycles. The van der Waals surface area contributed by atoms with Crippen molar-refractivity contribution in [3.8, 4) is 0 Å². The molecule has 5 nitrogen and oxygen atoms in total. The lowest BCUT2D eigenvalue weighted by atomic mass is 10.1. The zero-order chi connectivity index (χ0) is 25.0. The van der Waals surface area contributed by atoms with E-state index in [2.05, 4.69) is 58.9 Å². The topological polar surface area (TPSA) is 77.3 Å². The van der Waals surface area contributed by atoms with Crippen LogP contribution in [0.15, 0.2) is 88.4 Å². The molecule has 0 amide bonds. The summed E-state index contributed by atoms with van der Waals surface area (Å²) < 4.78 is 25.9. The fourth-order valence-corrected chi connectivity index (χ4v) is 6.15. The van der Waals surface area contributed by atoms with Crippen molar-refractivity contribution in [2.24, 2.45) is 0 Å². The molecule has 0 radical (unpaired) electrons. The molecule has 0 aliphatic heterocycles. The monoisotopic (exact) mass is 495 g/mol. The van der Waals surface area contributed by atoms with E-state index in [9.17, 15) is 18.5 Å². The molecule has 1 unspecified atom stereocenters. The Kier molecular flexibility index (Phi) is 7.89. The lowest BCUT2D eigenvalue weighted by Gasteiger charge is -2.04. The number of benzene rings is 1. The minimum atomic E-state index is -3.61. The number of nitro benzene ring substituents is 1. The minimum absolute atomic E-state index is 0.0948. The fourth-order valence-electron chi connectivity index (χ4n) is 3.32. The van der Waals surface area contributed by atoms with Gasteiger partial charge in [-0.05, 0) is 80.7 Å². The Hall–Kier alpha value is -3.03. The maximum absolute atomic E-state index is 12.9. The molecule has 0 N–H and O–H groups in total. The summed E-state index contributed by atoms with van der Waals surface area (Å²) in [6, 6.07) is 9.07. The van der Waals surface area contributed by atoms with Gasteiger partial charge in [-0.1, -0.05) is 42.9 Å². The molecule has 0 spiro atoms. The molecular formula is C27H29NO4S2. The van der Waals surface area contributed by atoms with Crippen LogP contribution in [-0.2, 0) is 9.84 Å². The van der Waals surface area contributed by atoms with Gasteiger partial charge in [0.05, 0.1) is 9.82 Å². The van der Waals surface area contributed by atoms with E-state index in [0.717, 1.165) is 21.7 Å². The van der Waals surface area contributed by atoms with Crippen molar-refractivity contribution >= 4 is 38.0 Å². The van der Waals surface area contributed by atoms with E-state index in [1.54, 1.807) is 17.4 Å². The number of hydrogen-bond acceptors (Lipinski definition) is 5. The van der Waals surface area contributed by atoms with E-state index in [1.807, 2.05) is 12.1 Å². The molecule has 178 valence electrons. The summed E-state index contributed by atoms with van der Waals surface area (Å²) in [5, 5.41) is 10.2. The average molecular weight is 496 g/mol. The maximum atomic E-state index is 12.9. The number of nitrogens with zero attached hydrogens (tertiary/aromatic N) is 1. The van der Waals surface area contributed by atoms with Gasteiger partial charge in [-0.2, -0.15) is 0 Å². The summed E-state index contributed by atoms with van der Waals surface area (Å²) in [6.07, 6.45) is 11.1. The van der Waals surface area contributed by atoms with Crippen LogP contribution in [0, 0.1) is 10.1 Å². The highest BCUT2D eigenvalue weighted by Crippen LogP contribution is 2.44. The van der Waals surface area contributed by atoms with Crippen LogP contribution in [-0.4, -0.2) is 18.6 Å². The molecule has 1 aliphatic carbocycles. The summed E-state index contributed by atoms with van der Waals surface area (Å²) in [4.78, 5) is 12.4. The third kappa shape index (κ3) is 5.90. The van der Waals surface area contributed by atoms with E-state index in [4.69, 9.17) is 0 Å². The quantitative estimate of drug-likeness (QED) is 0.204. The van der Waals surface area contributed by atoms with Crippen molar-refractivity contribution in [3.05, 3.63) is 103 Å². The van der Waals surface area contributed by atoms with Gasteiger partial charge in [-0.15, -0.1) is 11.3 Å². The van der Waals surface area contributed by atoms with Crippen LogP contribution in [0.4, 0.5) is 5.69 Å². The first-order chi connectivity index (χ1) is 16.0. The number of nitro groups is 1. The van der Waals surface area contributed by atoms with Crippen LogP contribution in [0.3, 0.4) is 0 Å². The summed E-state index contributed by atoms with van der Waals surface area (Å²) in [6.45, 7) is 10.4. The first-order valence-electron chi connectivity index (χ1n) is 11.0. The van der Waals surface area contributed by atoms with Crippen LogP contribution in [0.2, 0.25) is 0 Å². The van der Waals surface area contributed by atoms with E-state index in [-0.39, 0.29) is 10.6 Å². The van der Waals surface area contributed by atoms with Gasteiger partial charge in [-0.25, -0.2) is 8.42 Å². The zero-order valence-corrected chi connectivity index (χ0v) is 21.7. The van der Waals surface area contributed by atoms with Crippen molar-refractivity contribution in [1.82, 2.24) is 0 Å². The molecule has 34 heavy (non-hydrogen) atoms. The van der Waals surface area contributed by atoms with Crippen LogP contribution in [0.1, 0.15) is 50.8 Å². The smallest absolute Gasteiger partial charge is 0.258 e. The first kappa shape index (κ1) is 25.6. The Balaban J connectivity index is 1.76. The number of allylic oxidation sites excluding steroid dienone is 8. The molecule has 0 bridgehead atoms. The second kappa shape index (κ2) is 10.5. The first-order valence-corrected chi connectivity index (χ1v) is 13.4. The summed E-state index contributed by atoms with van der Waals surface area (Å²) in [5.41, 5.74) is 5.52. The molecule has 1 atom stereocenters. The average Bonchev–Trinajstić information content (AvgIpc) is 3.48. The molecule has 3 rings (SSSR count). The van der Waals surface area contributed by atoms with Crippen LogP contribution < -0.4 is 0 Å². The van der Waals surface area contributed by atoms with Gasteiger partial charge in [-0.3, -0.25) is 10.1 Å². The number of rotatable bonds is 9. The number of thiophene rings is 1. The second-order valence-corrected chi connectivity index (χ2v) is 11.6. The number of non-ortho nitro benzene ring substituents is 1. The SMILES string of the molecule is CC\C(=C/C=C(C)/C(C)=C/C=C(C)C)c1ccc(C2=CC2S(=O)(=O)c2ccc([N+](=O)[O-])cc2)s1. The van der Waals surface area contributed by atoms with Crippen molar-refractivity contribution in [2.45, 2.75) is 51.2 Å². The van der Waals surface area contributed by atoms with Crippen LogP contribution >= 0.6 is 11.3 Å². The van der Waals surface area contributed by atoms with Gasteiger partial charge < -0.3 is 0 Å². The molecular weight excluding hydrogens is 466 g/mol. The molecule has 1 aromatic heterocycles. The third-order valence-electron chi connectivity index (χ3n) is 5.65. The van der Waals surface area contributed by atoms with Crippen molar-refractivity contribution in [1.29, 1.82) is 0 Å². The summed E-state index contributed by atoms with van der Waals surface area (Å²) >= 11 is 1.59. The number of hydrogen-bond donors (Lipinski definition) is 0. The molecule has 1 heterocycles. The van der Waals surface area contributed by atoms with Gasteiger partial charge in [0.2, 0.25) is 0 Å². The normalized spacial score (nSPS) is 16.8. The molecule has 0 saturated carbocycles. The Labute approximate surface area is 205 Å². The Bertz CT molecular complexity index is 1350. The lowest BCUT2D eigenvalue weighted by molar-refractivity contribution is -0.384. The molecule has 1 aliphatic rings. The van der Waals surface area contributed by atoms with Gasteiger partial charge in [0, 0.05) is 21.9 Å². The summed E-state index contributed by atoms with van der Waals surface area (Å²) in [5.74, 6) is 0. The molecule has 0 saturated heterocycles. The fraction of sp³-hybridized carbons (Fsp3) is 0.259. The van der Waals surface area contributed by atoms with Crippen molar-refractivity contribution < 1.29 is 13.3 Å². The maximum Gasteiger partial charge on any atom is 0.269 e. The van der Waals surface area contributed by atoms with Gasteiger partial charge in [0.15, 0.2) is 9.84 Å². The Morgan fingerprint density at radius 2 is 1.59 bits per heavy atom. The van der Waals surface area contributed by atoms with E-state index < -0.39 is 20.0 Å². The standard InChI is InChI=1S/C27H29NO4S2/c1-6-21(10-9-20(5)19(4)8-7-18(2)3)25-15-16-26(33-25)24-17-27(24)34(31,32)23-13-11-22(12-14-23)28(29)30/h7-17,27H,6H2,1-5H3/b19-8+,20-9+,21-10+. The molecule has 7 heteroatoms. The molecule has 2 aromatic rings. The third-order valence-corrected chi connectivity index (χ3v) is 8.85. The highest BCUT2D eigenvalue weighted by atomic mass is 32.2.